The topological polar surface area (TPSA) is 76.8 Å². The lowest BCUT2D eigenvalue weighted by molar-refractivity contribution is 0.419. The van der Waals surface area contributed by atoms with E-state index in [-0.39, 0.29) is 0 Å². The van der Waals surface area contributed by atoms with Gasteiger partial charge in [0.15, 0.2) is 0 Å². The maximum absolute atomic E-state index is 5.86. The number of fused-ring (bicyclic) bond motifs is 1. The summed E-state index contributed by atoms with van der Waals surface area (Å²) in [5.41, 5.74) is 8.54. The van der Waals surface area contributed by atoms with Crippen LogP contribution in [0.4, 0.5) is 5.82 Å². The minimum atomic E-state index is 0.547. The Morgan fingerprint density at radius 1 is 1.22 bits per heavy atom. The highest BCUT2D eigenvalue weighted by Crippen LogP contribution is 2.34. The van der Waals surface area contributed by atoms with Gasteiger partial charge in [0.2, 0.25) is 0 Å². The third-order valence-corrected chi connectivity index (χ3v) is 2.91. The molecule has 2 heterocycles. The number of aromatic amines is 1. The molecule has 0 atom stereocenters. The molecule has 5 nitrogen and oxygen atoms in total. The molecule has 0 radical (unpaired) electrons. The summed E-state index contributed by atoms with van der Waals surface area (Å²) in [7, 11) is 1.63. The second-order valence-electron chi connectivity index (χ2n) is 3.91. The smallest absolute Gasteiger partial charge is 0.145 e. The van der Waals surface area contributed by atoms with Gasteiger partial charge in [-0.3, -0.25) is 10.1 Å². The maximum atomic E-state index is 5.86. The first kappa shape index (κ1) is 10.6. The summed E-state index contributed by atoms with van der Waals surface area (Å²) in [4.78, 5) is 4.36. The van der Waals surface area contributed by atoms with Crippen LogP contribution in [0.3, 0.4) is 0 Å². The first-order valence-corrected chi connectivity index (χ1v) is 5.52. The Bertz CT molecular complexity index is 705. The number of hydrogen-bond acceptors (Lipinski definition) is 4. The fourth-order valence-electron chi connectivity index (χ4n) is 2.06. The van der Waals surface area contributed by atoms with Crippen LogP contribution in [0.15, 0.2) is 36.7 Å². The number of nitrogens with zero attached hydrogens (tertiary/aromatic N) is 2. The van der Waals surface area contributed by atoms with Gasteiger partial charge in [-0.25, -0.2) is 0 Å². The Kier molecular flexibility index (Phi) is 2.37. The molecule has 18 heavy (non-hydrogen) atoms. The van der Waals surface area contributed by atoms with Crippen LogP contribution in [0.5, 0.6) is 5.75 Å². The summed E-state index contributed by atoms with van der Waals surface area (Å²) in [5.74, 6) is 1.29. The van der Waals surface area contributed by atoms with Crippen LogP contribution in [0.25, 0.3) is 22.0 Å². The number of H-pyrrole nitrogens is 1. The molecule has 2 aromatic heterocycles. The molecule has 0 amide bonds. The van der Waals surface area contributed by atoms with Crippen molar-refractivity contribution in [1.29, 1.82) is 0 Å². The average Bonchev–Trinajstić information content (AvgIpc) is 2.83. The van der Waals surface area contributed by atoms with Crippen molar-refractivity contribution in [2.45, 2.75) is 0 Å². The van der Waals surface area contributed by atoms with Crippen molar-refractivity contribution in [3.63, 3.8) is 0 Å². The van der Waals surface area contributed by atoms with E-state index in [9.17, 15) is 0 Å². The molecule has 0 saturated heterocycles. The van der Waals surface area contributed by atoms with Crippen molar-refractivity contribution >= 4 is 16.7 Å². The van der Waals surface area contributed by atoms with Crippen molar-refractivity contribution < 1.29 is 4.74 Å². The molecule has 0 unspecified atom stereocenters. The van der Waals surface area contributed by atoms with E-state index < -0.39 is 0 Å². The zero-order valence-electron chi connectivity index (χ0n) is 9.84. The highest BCUT2D eigenvalue weighted by Gasteiger charge is 2.11. The zero-order valence-corrected chi connectivity index (χ0v) is 9.84. The molecule has 0 bridgehead atoms. The Hall–Kier alpha value is -2.56. The van der Waals surface area contributed by atoms with E-state index in [4.69, 9.17) is 10.5 Å². The fraction of sp³-hybridized carbons (Fsp3) is 0.0769. The van der Waals surface area contributed by atoms with Gasteiger partial charge in [0.05, 0.1) is 13.3 Å². The number of nitrogens with one attached hydrogen (secondary N) is 1. The van der Waals surface area contributed by atoms with Crippen molar-refractivity contribution in [1.82, 2.24) is 15.2 Å². The van der Waals surface area contributed by atoms with Gasteiger partial charge in [0.25, 0.3) is 0 Å². The number of pyridine rings is 1. The Labute approximate surface area is 104 Å². The van der Waals surface area contributed by atoms with Gasteiger partial charge in [-0.1, -0.05) is 6.07 Å². The molecule has 0 spiro atoms. The number of anilines is 1. The van der Waals surface area contributed by atoms with Crippen molar-refractivity contribution in [3.8, 4) is 16.9 Å². The van der Waals surface area contributed by atoms with E-state index in [0.29, 0.717) is 5.82 Å². The molecule has 1 aromatic carbocycles. The van der Waals surface area contributed by atoms with Crippen LogP contribution in [-0.2, 0) is 0 Å². The predicted octanol–water partition coefficient (Wildman–Crippen LogP) is 2.22. The van der Waals surface area contributed by atoms with Crippen LogP contribution in [0.2, 0.25) is 0 Å². The van der Waals surface area contributed by atoms with E-state index in [2.05, 4.69) is 15.2 Å². The maximum Gasteiger partial charge on any atom is 0.145 e. The summed E-state index contributed by atoms with van der Waals surface area (Å²) >= 11 is 0. The van der Waals surface area contributed by atoms with Crippen LogP contribution >= 0.6 is 0 Å². The number of ether oxygens (including phenoxy) is 1. The van der Waals surface area contributed by atoms with Gasteiger partial charge in [-0.05, 0) is 23.8 Å². The molecule has 5 heteroatoms. The molecule has 3 aromatic rings. The van der Waals surface area contributed by atoms with Crippen LogP contribution in [-0.4, -0.2) is 22.3 Å². The monoisotopic (exact) mass is 240 g/mol. The lowest BCUT2D eigenvalue weighted by Crippen LogP contribution is -1.91. The highest BCUT2D eigenvalue weighted by molar-refractivity contribution is 5.99. The van der Waals surface area contributed by atoms with Gasteiger partial charge in [-0.15, -0.1) is 0 Å². The van der Waals surface area contributed by atoms with E-state index >= 15 is 0 Å². The van der Waals surface area contributed by atoms with E-state index in [0.717, 1.165) is 27.8 Å². The molecular formula is C13H12N4O. The quantitative estimate of drug-likeness (QED) is 0.720. The van der Waals surface area contributed by atoms with E-state index in [1.54, 1.807) is 19.5 Å². The van der Waals surface area contributed by atoms with Crippen LogP contribution < -0.4 is 10.5 Å². The minimum Gasteiger partial charge on any atom is -0.494 e. The van der Waals surface area contributed by atoms with Gasteiger partial charge in [0.1, 0.15) is 17.1 Å². The lowest BCUT2D eigenvalue weighted by Gasteiger charge is -2.08. The third-order valence-electron chi connectivity index (χ3n) is 2.91. The third kappa shape index (κ3) is 1.48. The number of rotatable bonds is 2. The van der Waals surface area contributed by atoms with Gasteiger partial charge in [-0.2, -0.15) is 5.10 Å². The van der Waals surface area contributed by atoms with Crippen LogP contribution in [0.1, 0.15) is 0 Å². The Morgan fingerprint density at radius 2 is 2.11 bits per heavy atom. The number of nitrogens with two attached hydrogens (primary N) is 1. The molecule has 3 rings (SSSR count). The highest BCUT2D eigenvalue weighted by atomic mass is 16.5. The molecule has 3 N–H and O–H groups in total. The standard InChI is InChI=1S/C13H12N4O/c1-18-11-5-4-8(10-7-16-17-13(10)14)9-3-2-6-15-12(9)11/h2-7H,1H3,(H3,14,16,17). The molecule has 0 aliphatic carbocycles. The molecule has 0 fully saturated rings. The second-order valence-corrected chi connectivity index (χ2v) is 3.91. The minimum absolute atomic E-state index is 0.547. The first-order valence-electron chi connectivity index (χ1n) is 5.52. The van der Waals surface area contributed by atoms with E-state index in [1.807, 2.05) is 24.3 Å². The summed E-state index contributed by atoms with van der Waals surface area (Å²) in [6.07, 6.45) is 3.46. The number of benzene rings is 1. The summed E-state index contributed by atoms with van der Waals surface area (Å²) < 4.78 is 5.31. The Balaban J connectivity index is 2.35. The lowest BCUT2D eigenvalue weighted by atomic mass is 10.0. The van der Waals surface area contributed by atoms with Crippen molar-refractivity contribution in [2.75, 3.05) is 12.8 Å². The SMILES string of the molecule is COc1ccc(-c2cn[nH]c2N)c2cccnc12. The summed E-state index contributed by atoms with van der Waals surface area (Å²) in [6, 6.07) is 7.73. The number of nitrogen functional groups attached to an aromatic ring is 1. The van der Waals surface area contributed by atoms with Crippen molar-refractivity contribution in [3.05, 3.63) is 36.7 Å². The predicted molar refractivity (Wildman–Crippen MR) is 70.3 cm³/mol. The first-order chi connectivity index (χ1) is 8.81. The van der Waals surface area contributed by atoms with Gasteiger partial charge >= 0.3 is 0 Å². The number of aromatic nitrogens is 3. The molecule has 90 valence electrons. The molecule has 0 aliphatic rings. The average molecular weight is 240 g/mol. The molecular weight excluding hydrogens is 228 g/mol. The molecule has 0 aliphatic heterocycles. The summed E-state index contributed by atoms with van der Waals surface area (Å²) in [6.45, 7) is 0. The molecule has 0 saturated carbocycles. The fourth-order valence-corrected chi connectivity index (χ4v) is 2.06. The van der Waals surface area contributed by atoms with E-state index in [1.165, 1.54) is 0 Å². The van der Waals surface area contributed by atoms with Crippen LogP contribution in [0, 0.1) is 0 Å². The second kappa shape index (κ2) is 4.03. The van der Waals surface area contributed by atoms with Gasteiger partial charge in [0, 0.05) is 17.1 Å². The number of hydrogen-bond donors (Lipinski definition) is 2. The normalized spacial score (nSPS) is 10.7. The zero-order chi connectivity index (χ0) is 12.5. The van der Waals surface area contributed by atoms with Gasteiger partial charge < -0.3 is 10.5 Å². The summed E-state index contributed by atoms with van der Waals surface area (Å²) in [5, 5.41) is 7.67. The largest absolute Gasteiger partial charge is 0.494 e. The van der Waals surface area contributed by atoms with Crippen molar-refractivity contribution in [2.24, 2.45) is 0 Å². The Morgan fingerprint density at radius 3 is 2.83 bits per heavy atom. The number of methoxy groups -OCH3 is 1.